The number of carbonyl (C=O) groups is 2. The van der Waals surface area contributed by atoms with Gasteiger partial charge in [0.1, 0.15) is 23.4 Å². The number of nitrogens with two attached hydrogens (primary N) is 1. The van der Waals surface area contributed by atoms with Gasteiger partial charge in [0, 0.05) is 34.0 Å². The van der Waals surface area contributed by atoms with Crippen molar-refractivity contribution < 1.29 is 23.5 Å². The van der Waals surface area contributed by atoms with Crippen LogP contribution in [0.25, 0.3) is 17.2 Å². The minimum Gasteiger partial charge on any atom is -0.496 e. The maximum absolute atomic E-state index is 14.9. The first-order chi connectivity index (χ1) is 15.1. The zero-order chi connectivity index (χ0) is 24.0. The van der Waals surface area contributed by atoms with Gasteiger partial charge in [-0.05, 0) is 64.1 Å². The minimum absolute atomic E-state index is 0.173. The van der Waals surface area contributed by atoms with Crippen LogP contribution in [0.15, 0.2) is 35.9 Å². The van der Waals surface area contributed by atoms with Crippen LogP contribution < -0.4 is 25.8 Å². The molecule has 1 atom stereocenters. The van der Waals surface area contributed by atoms with Crippen molar-refractivity contribution in [1.82, 2.24) is 5.32 Å². The molecule has 0 spiro atoms. The second-order valence-corrected chi connectivity index (χ2v) is 7.71. The smallest absolute Gasteiger partial charge is 0.247 e. The summed E-state index contributed by atoms with van der Waals surface area (Å²) in [4.78, 5) is 23.5. The van der Waals surface area contributed by atoms with Crippen LogP contribution in [0.4, 0.5) is 10.1 Å². The highest BCUT2D eigenvalue weighted by molar-refractivity contribution is 6.00. The van der Waals surface area contributed by atoms with Crippen molar-refractivity contribution >= 4 is 23.6 Å². The fourth-order valence-corrected chi connectivity index (χ4v) is 3.08. The number of halogens is 1. The summed E-state index contributed by atoms with van der Waals surface area (Å²) in [5, 5.41) is 5.69. The van der Waals surface area contributed by atoms with E-state index < -0.39 is 23.7 Å². The third-order valence-electron chi connectivity index (χ3n) is 4.77. The largest absolute Gasteiger partial charge is 0.496 e. The second-order valence-electron chi connectivity index (χ2n) is 7.71. The van der Waals surface area contributed by atoms with Crippen molar-refractivity contribution in [3.05, 3.63) is 47.3 Å². The lowest BCUT2D eigenvalue weighted by Gasteiger charge is -2.16. The fraction of sp³-hybridized carbons (Fsp3) is 0.333. The predicted molar refractivity (Wildman–Crippen MR) is 124 cm³/mol. The number of primary amides is 1. The second kappa shape index (κ2) is 10.7. The molecule has 172 valence electrons. The van der Waals surface area contributed by atoms with Gasteiger partial charge in [0.15, 0.2) is 0 Å². The summed E-state index contributed by atoms with van der Waals surface area (Å²) in [5.41, 5.74) is 7.64. The highest BCUT2D eigenvalue weighted by atomic mass is 19.1. The number of carbonyl (C=O) groups excluding carboxylic acids is 2. The molecule has 0 saturated carbocycles. The van der Waals surface area contributed by atoms with E-state index in [0.29, 0.717) is 39.4 Å². The lowest BCUT2D eigenvalue weighted by atomic mass is 9.99. The first kappa shape index (κ1) is 24.7. The summed E-state index contributed by atoms with van der Waals surface area (Å²) in [6.07, 6.45) is 1.60. The van der Waals surface area contributed by atoms with E-state index >= 15 is 0 Å². The van der Waals surface area contributed by atoms with Crippen LogP contribution in [0.2, 0.25) is 0 Å². The number of rotatable bonds is 9. The van der Waals surface area contributed by atoms with Gasteiger partial charge in [-0.3, -0.25) is 9.59 Å². The van der Waals surface area contributed by atoms with Gasteiger partial charge in [-0.2, -0.15) is 0 Å². The standard InChI is InChI=1S/C24H30FN3O4/c1-13(2)27-17-7-8-18(20(25)11-17)19-12-21(31-5)16(10-22(19)32-6)9-14(3)24(30)28-15(4)23(26)29/h7-13,15,27H,1-6H3,(H2,26,29)(H,28,30)/b14-9+/t15-/m1/s1. The molecule has 32 heavy (non-hydrogen) atoms. The monoisotopic (exact) mass is 443 g/mol. The quantitative estimate of drug-likeness (QED) is 0.513. The Kier molecular flexibility index (Phi) is 8.23. The van der Waals surface area contributed by atoms with Gasteiger partial charge in [0.2, 0.25) is 11.8 Å². The molecule has 8 heteroatoms. The minimum atomic E-state index is -0.805. The molecule has 0 heterocycles. The molecular weight excluding hydrogens is 413 g/mol. The van der Waals surface area contributed by atoms with Gasteiger partial charge in [-0.25, -0.2) is 4.39 Å². The number of amides is 2. The number of hydrogen-bond donors (Lipinski definition) is 3. The number of benzene rings is 2. The van der Waals surface area contributed by atoms with E-state index in [9.17, 15) is 14.0 Å². The Labute approximate surface area is 187 Å². The highest BCUT2D eigenvalue weighted by Crippen LogP contribution is 2.38. The van der Waals surface area contributed by atoms with Crippen LogP contribution in [-0.4, -0.2) is 38.1 Å². The van der Waals surface area contributed by atoms with E-state index in [-0.39, 0.29) is 6.04 Å². The summed E-state index contributed by atoms with van der Waals surface area (Å²) >= 11 is 0. The number of nitrogens with one attached hydrogen (secondary N) is 2. The van der Waals surface area contributed by atoms with E-state index in [0.717, 1.165) is 0 Å². The lowest BCUT2D eigenvalue weighted by Crippen LogP contribution is -2.42. The van der Waals surface area contributed by atoms with Crippen molar-refractivity contribution in [2.45, 2.75) is 39.8 Å². The summed E-state index contributed by atoms with van der Waals surface area (Å²) in [6, 6.07) is 7.61. The van der Waals surface area contributed by atoms with Gasteiger partial charge < -0.3 is 25.8 Å². The highest BCUT2D eigenvalue weighted by Gasteiger charge is 2.18. The zero-order valence-electron chi connectivity index (χ0n) is 19.2. The molecule has 0 fully saturated rings. The molecule has 0 unspecified atom stereocenters. The maximum Gasteiger partial charge on any atom is 0.247 e. The van der Waals surface area contributed by atoms with Gasteiger partial charge in [0.25, 0.3) is 0 Å². The molecule has 0 aromatic heterocycles. The van der Waals surface area contributed by atoms with Crippen LogP contribution in [-0.2, 0) is 9.59 Å². The van der Waals surface area contributed by atoms with E-state index in [1.807, 2.05) is 13.8 Å². The van der Waals surface area contributed by atoms with Crippen molar-refractivity contribution in [3.8, 4) is 22.6 Å². The number of hydrogen-bond acceptors (Lipinski definition) is 5. The molecule has 0 aliphatic carbocycles. The molecule has 0 aliphatic rings. The average Bonchev–Trinajstić information content (AvgIpc) is 2.73. The molecule has 0 saturated heterocycles. The molecule has 0 aliphatic heterocycles. The van der Waals surface area contributed by atoms with Crippen LogP contribution in [0, 0.1) is 5.82 Å². The van der Waals surface area contributed by atoms with Crippen molar-refractivity contribution in [1.29, 1.82) is 0 Å². The molecular formula is C24H30FN3O4. The molecule has 7 nitrogen and oxygen atoms in total. The molecule has 2 aromatic rings. The summed E-state index contributed by atoms with van der Waals surface area (Å²) in [7, 11) is 2.97. The normalized spacial score (nSPS) is 12.3. The van der Waals surface area contributed by atoms with Gasteiger partial charge in [0.05, 0.1) is 14.2 Å². The Balaban J connectivity index is 2.47. The van der Waals surface area contributed by atoms with E-state index in [2.05, 4.69) is 10.6 Å². The van der Waals surface area contributed by atoms with Crippen LogP contribution in [0.1, 0.15) is 33.3 Å². The molecule has 4 N–H and O–H groups in total. The van der Waals surface area contributed by atoms with Crippen molar-refractivity contribution in [3.63, 3.8) is 0 Å². The third kappa shape index (κ3) is 6.00. The van der Waals surface area contributed by atoms with Gasteiger partial charge >= 0.3 is 0 Å². The van der Waals surface area contributed by atoms with Crippen LogP contribution in [0.5, 0.6) is 11.5 Å². The Hall–Kier alpha value is -3.55. The van der Waals surface area contributed by atoms with Gasteiger partial charge in [-0.15, -0.1) is 0 Å². The molecule has 2 aromatic carbocycles. The summed E-state index contributed by atoms with van der Waals surface area (Å²) < 4.78 is 25.9. The summed E-state index contributed by atoms with van der Waals surface area (Å²) in [5.74, 6) is -0.638. The average molecular weight is 444 g/mol. The molecule has 0 bridgehead atoms. The van der Waals surface area contributed by atoms with Crippen LogP contribution in [0.3, 0.4) is 0 Å². The van der Waals surface area contributed by atoms with E-state index in [4.69, 9.17) is 15.2 Å². The number of methoxy groups -OCH3 is 2. The van der Waals surface area contributed by atoms with Crippen molar-refractivity contribution in [2.24, 2.45) is 5.73 Å². The number of anilines is 1. The Morgan fingerprint density at radius 2 is 1.69 bits per heavy atom. The fourth-order valence-electron chi connectivity index (χ4n) is 3.08. The molecule has 0 radical (unpaired) electrons. The predicted octanol–water partition coefficient (Wildman–Crippen LogP) is 3.72. The first-order valence-corrected chi connectivity index (χ1v) is 10.2. The van der Waals surface area contributed by atoms with E-state index in [1.165, 1.54) is 27.2 Å². The number of ether oxygens (including phenoxy) is 2. The Bertz CT molecular complexity index is 1030. The summed E-state index contributed by atoms with van der Waals surface area (Å²) in [6.45, 7) is 7.05. The zero-order valence-corrected chi connectivity index (χ0v) is 19.2. The Morgan fingerprint density at radius 3 is 2.22 bits per heavy atom. The Morgan fingerprint density at radius 1 is 1.03 bits per heavy atom. The van der Waals surface area contributed by atoms with E-state index in [1.54, 1.807) is 37.3 Å². The maximum atomic E-state index is 14.9. The molecule has 2 rings (SSSR count). The van der Waals surface area contributed by atoms with Crippen molar-refractivity contribution in [2.75, 3.05) is 19.5 Å². The third-order valence-corrected chi connectivity index (χ3v) is 4.77. The topological polar surface area (TPSA) is 103 Å². The SMILES string of the molecule is COc1cc(-c2ccc(NC(C)C)cc2F)c(OC)cc1/C=C(\C)C(=O)N[C@H](C)C(N)=O. The first-order valence-electron chi connectivity index (χ1n) is 10.2. The lowest BCUT2D eigenvalue weighted by molar-refractivity contribution is -0.124. The van der Waals surface area contributed by atoms with Crippen LogP contribution >= 0.6 is 0 Å². The molecule has 2 amide bonds. The van der Waals surface area contributed by atoms with Gasteiger partial charge in [-0.1, -0.05) is 0 Å².